The van der Waals surface area contributed by atoms with Gasteiger partial charge in [0.15, 0.2) is 5.82 Å². The van der Waals surface area contributed by atoms with E-state index in [0.29, 0.717) is 22.0 Å². The number of hydrogen-bond donors (Lipinski definition) is 1. The first-order valence-electron chi connectivity index (χ1n) is 11.5. The second-order valence-corrected chi connectivity index (χ2v) is 10.5. The Kier molecular flexibility index (Phi) is 9.34. The van der Waals surface area contributed by atoms with Gasteiger partial charge in [0.2, 0.25) is 0 Å². The number of phosphoric acid groups is 1. The fourth-order valence-electron chi connectivity index (χ4n) is 3.82. The molecule has 17 heteroatoms. The molecule has 0 aromatic carbocycles. The number of thiazole rings is 1. The average Bonchev–Trinajstić information content (AvgIpc) is 3.61. The first-order valence-corrected chi connectivity index (χ1v) is 13.8. The van der Waals surface area contributed by atoms with Gasteiger partial charge in [-0.3, -0.25) is 19.0 Å². The molecule has 0 bridgehead atoms. The maximum absolute atomic E-state index is 14.6. The average molecular weight is 585 g/mol. The largest absolute Gasteiger partial charge is 1.00 e. The molecular formula is C22H22FN7NaO6PS. The van der Waals surface area contributed by atoms with Crippen molar-refractivity contribution in [3.63, 3.8) is 0 Å². The third-order valence-corrected chi connectivity index (χ3v) is 7.47. The summed E-state index contributed by atoms with van der Waals surface area (Å²) in [6.45, 7) is 2.56. The van der Waals surface area contributed by atoms with Crippen molar-refractivity contribution >= 4 is 30.8 Å². The van der Waals surface area contributed by atoms with Crippen LogP contribution in [-0.2, 0) is 13.8 Å². The van der Waals surface area contributed by atoms with Gasteiger partial charge in [-0.15, -0.1) is 16.4 Å². The number of ether oxygens (including phenoxy) is 1. The van der Waals surface area contributed by atoms with Crippen LogP contribution in [0.15, 0.2) is 42.3 Å². The summed E-state index contributed by atoms with van der Waals surface area (Å²) in [5, 5.41) is 13.0. The van der Waals surface area contributed by atoms with Gasteiger partial charge in [0.25, 0.3) is 5.91 Å². The van der Waals surface area contributed by atoms with Crippen LogP contribution in [0.2, 0.25) is 0 Å². The number of hydrogen-bond acceptors (Lipinski definition) is 11. The number of nitrogens with one attached hydrogen (secondary N) is 1. The molecule has 200 valence electrons. The van der Waals surface area contributed by atoms with Crippen molar-refractivity contribution in [2.75, 3.05) is 19.0 Å². The predicted octanol–water partition coefficient (Wildman–Crippen LogP) is -0.0561. The number of anilines is 1. The molecule has 4 aromatic heterocycles. The van der Waals surface area contributed by atoms with E-state index in [1.165, 1.54) is 36.1 Å². The number of phosphoric ester groups is 1. The van der Waals surface area contributed by atoms with Crippen molar-refractivity contribution in [2.24, 2.45) is 0 Å². The molecule has 0 saturated heterocycles. The molecule has 1 aliphatic carbocycles. The van der Waals surface area contributed by atoms with E-state index in [9.17, 15) is 18.6 Å². The second kappa shape index (κ2) is 12.4. The Hall–Kier alpha value is -2.49. The Balaban J connectivity index is 0.00000353. The van der Waals surface area contributed by atoms with Gasteiger partial charge in [-0.2, -0.15) is 5.10 Å². The third kappa shape index (κ3) is 6.64. The fourth-order valence-corrected chi connectivity index (χ4v) is 4.96. The van der Waals surface area contributed by atoms with Crippen molar-refractivity contribution in [3.8, 4) is 22.0 Å². The Morgan fingerprint density at radius 1 is 1.33 bits per heavy atom. The minimum Gasteiger partial charge on any atom is -0.745 e. The molecule has 4 heterocycles. The van der Waals surface area contributed by atoms with E-state index in [2.05, 4.69) is 34.6 Å². The second-order valence-electron chi connectivity index (χ2n) is 8.24. The molecular weight excluding hydrogens is 563 g/mol. The van der Waals surface area contributed by atoms with E-state index in [1.54, 1.807) is 10.9 Å². The summed E-state index contributed by atoms with van der Waals surface area (Å²) >= 11 is 1.14. The topological polar surface area (TPSA) is 158 Å². The minimum atomic E-state index is -4.54. The summed E-state index contributed by atoms with van der Waals surface area (Å²) in [6.07, 6.45) is 7.37. The van der Waals surface area contributed by atoms with E-state index < -0.39 is 19.5 Å². The first-order chi connectivity index (χ1) is 18.3. The summed E-state index contributed by atoms with van der Waals surface area (Å²) < 4.78 is 42.3. The summed E-state index contributed by atoms with van der Waals surface area (Å²) in [6, 6.07) is 2.80. The first kappa shape index (κ1) is 29.5. The zero-order chi connectivity index (χ0) is 26.9. The molecule has 1 atom stereocenters. The Labute approximate surface area is 248 Å². The molecule has 1 N–H and O–H groups in total. The number of nitrogens with zero attached hydrogens (tertiary/aromatic N) is 6. The molecule has 1 amide bonds. The van der Waals surface area contributed by atoms with Gasteiger partial charge in [-0.1, -0.05) is 4.85 Å². The predicted molar refractivity (Wildman–Crippen MR) is 132 cm³/mol. The van der Waals surface area contributed by atoms with Crippen molar-refractivity contribution in [1.29, 1.82) is 0 Å². The molecule has 1 saturated carbocycles. The van der Waals surface area contributed by atoms with Crippen LogP contribution in [0.1, 0.15) is 36.3 Å². The Morgan fingerprint density at radius 3 is 2.85 bits per heavy atom. The molecule has 5 rings (SSSR count). The molecule has 0 aliphatic heterocycles. The van der Waals surface area contributed by atoms with Gasteiger partial charge < -0.3 is 24.1 Å². The van der Waals surface area contributed by atoms with Gasteiger partial charge in [0.1, 0.15) is 22.1 Å². The van der Waals surface area contributed by atoms with Crippen molar-refractivity contribution < 1.29 is 62.1 Å². The van der Waals surface area contributed by atoms with Gasteiger partial charge in [0, 0.05) is 31.5 Å². The summed E-state index contributed by atoms with van der Waals surface area (Å²) in [5.74, 6) is -1.11. The van der Waals surface area contributed by atoms with Crippen LogP contribution >= 0.6 is 19.2 Å². The molecule has 1 fully saturated rings. The number of carbonyl (C=O) groups is 1. The van der Waals surface area contributed by atoms with E-state index in [1.807, 2.05) is 6.92 Å². The summed E-state index contributed by atoms with van der Waals surface area (Å²) in [5.41, 5.74) is 1.01. The molecule has 39 heavy (non-hydrogen) atoms. The van der Waals surface area contributed by atoms with Crippen LogP contribution in [0, 0.1) is 5.82 Å². The number of pyridine rings is 1. The number of carbonyl (C=O) groups excluding carboxylic acids is 1. The van der Waals surface area contributed by atoms with Crippen molar-refractivity contribution in [3.05, 3.63) is 53.8 Å². The zero-order valence-corrected chi connectivity index (χ0v) is 24.9. The third-order valence-electron chi connectivity index (χ3n) is 5.76. The zero-order valence-electron chi connectivity index (χ0n) is 21.2. The quantitative estimate of drug-likeness (QED) is 0.198. The molecule has 1 unspecified atom stereocenters. The van der Waals surface area contributed by atoms with Crippen LogP contribution < -0.4 is 44.4 Å². The van der Waals surface area contributed by atoms with Crippen molar-refractivity contribution in [2.45, 2.75) is 31.9 Å². The van der Waals surface area contributed by atoms with E-state index >= 15 is 0 Å². The van der Waals surface area contributed by atoms with Crippen LogP contribution in [-0.4, -0.2) is 55.4 Å². The SMILES string of the molecule is CCO[C@H]1C[C@@H](n2cc(NC(=O)c3csc(-c4cnn(OP(=O)([O-])OC)c4)n3)c(-c3ncccc3F)n2)C1.[Na+]. The Bertz CT molecular complexity index is 1510. The molecule has 1 aliphatic rings. The number of aromatic nitrogens is 6. The molecule has 0 spiro atoms. The summed E-state index contributed by atoms with van der Waals surface area (Å²) in [4.78, 5) is 33.7. The van der Waals surface area contributed by atoms with Gasteiger partial charge >= 0.3 is 37.4 Å². The smallest absolute Gasteiger partial charge is 0.745 e. The fraction of sp³-hybridized carbons (Fsp3) is 0.318. The van der Waals surface area contributed by atoms with E-state index in [0.717, 1.165) is 31.3 Å². The maximum atomic E-state index is 14.6. The normalized spacial score (nSPS) is 18.1. The van der Waals surface area contributed by atoms with Crippen LogP contribution in [0.5, 0.6) is 0 Å². The van der Waals surface area contributed by atoms with Gasteiger partial charge in [0.05, 0.1) is 35.8 Å². The standard InChI is InChI=1S/C22H23FN7O6PS.Na/c1-3-35-15-7-14(8-15)29-11-17(20(28-29)19-16(23)5-4-6-24-19)26-21(31)18-12-38-22(27-18)13-9-25-30(10-13)36-37(32,33)34-2;/h4-6,9-12,14-15H,3,7-8H2,1-2H3,(H,26,31)(H,32,33);/q;+1/p-1/t14-,15+;. The van der Waals surface area contributed by atoms with Gasteiger partial charge in [-0.25, -0.2) is 9.37 Å². The Morgan fingerprint density at radius 2 is 2.13 bits per heavy atom. The minimum absolute atomic E-state index is 0. The van der Waals surface area contributed by atoms with Crippen LogP contribution in [0.25, 0.3) is 22.0 Å². The molecule has 0 radical (unpaired) electrons. The van der Waals surface area contributed by atoms with Gasteiger partial charge in [-0.05, 0) is 31.9 Å². The van der Waals surface area contributed by atoms with Crippen molar-refractivity contribution in [1.82, 2.24) is 29.7 Å². The molecule has 4 aromatic rings. The maximum Gasteiger partial charge on any atom is 1.00 e. The number of rotatable bonds is 10. The molecule has 13 nitrogen and oxygen atoms in total. The van der Waals surface area contributed by atoms with Crippen LogP contribution in [0.3, 0.4) is 0 Å². The number of amides is 1. The number of halogens is 1. The monoisotopic (exact) mass is 585 g/mol. The van der Waals surface area contributed by atoms with Crippen LogP contribution in [0.4, 0.5) is 10.1 Å². The summed E-state index contributed by atoms with van der Waals surface area (Å²) in [7, 11) is -3.58. The van der Waals surface area contributed by atoms with E-state index in [4.69, 9.17) is 4.74 Å². The van der Waals surface area contributed by atoms with E-state index in [-0.39, 0.29) is 64.5 Å².